The van der Waals surface area contributed by atoms with Crippen LogP contribution in [-0.2, 0) is 16.1 Å². The standard InChI is InChI=1S/C17H22ClFN2O3/c1-17(2,3)24-16(23)21-14(10-7-8-10)15(22)20-9-11-5-4-6-12(18)13(11)19/h4-6,10,14H,7-9H2,1-3H3,(H,20,22)(H,21,23)/t14-/m0/s1. The van der Waals surface area contributed by atoms with E-state index in [4.69, 9.17) is 16.3 Å². The molecule has 0 spiro atoms. The highest BCUT2D eigenvalue weighted by atomic mass is 35.5. The van der Waals surface area contributed by atoms with Gasteiger partial charge in [0.1, 0.15) is 17.5 Å². The summed E-state index contributed by atoms with van der Waals surface area (Å²) >= 11 is 5.72. The Bertz CT molecular complexity index is 627. The third-order valence-electron chi connectivity index (χ3n) is 3.53. The highest BCUT2D eigenvalue weighted by Crippen LogP contribution is 2.33. The van der Waals surface area contributed by atoms with Gasteiger partial charge in [0.2, 0.25) is 5.91 Å². The van der Waals surface area contributed by atoms with E-state index >= 15 is 0 Å². The molecule has 1 saturated carbocycles. The van der Waals surface area contributed by atoms with Gasteiger partial charge in [0, 0.05) is 12.1 Å². The van der Waals surface area contributed by atoms with E-state index in [1.54, 1.807) is 32.9 Å². The van der Waals surface area contributed by atoms with Crippen molar-refractivity contribution in [2.45, 2.75) is 51.8 Å². The maximum atomic E-state index is 13.8. The Morgan fingerprint density at radius 1 is 1.38 bits per heavy atom. The molecule has 0 aromatic heterocycles. The summed E-state index contributed by atoms with van der Waals surface area (Å²) in [5.74, 6) is -0.827. The summed E-state index contributed by atoms with van der Waals surface area (Å²) in [4.78, 5) is 24.2. The molecule has 1 aromatic rings. The third-order valence-corrected chi connectivity index (χ3v) is 3.82. The molecule has 0 aliphatic heterocycles. The maximum Gasteiger partial charge on any atom is 0.408 e. The smallest absolute Gasteiger partial charge is 0.408 e. The van der Waals surface area contributed by atoms with Gasteiger partial charge in [0.15, 0.2) is 0 Å². The fourth-order valence-electron chi connectivity index (χ4n) is 2.24. The molecule has 2 amide bonds. The van der Waals surface area contributed by atoms with E-state index in [1.165, 1.54) is 6.07 Å². The highest BCUT2D eigenvalue weighted by Gasteiger charge is 2.38. The molecule has 1 aromatic carbocycles. The Balaban J connectivity index is 1.94. The summed E-state index contributed by atoms with van der Waals surface area (Å²) in [6.07, 6.45) is 1.09. The summed E-state index contributed by atoms with van der Waals surface area (Å²) in [5, 5.41) is 5.26. The molecule has 0 radical (unpaired) electrons. The molecule has 0 bridgehead atoms. The quantitative estimate of drug-likeness (QED) is 0.849. The molecule has 2 N–H and O–H groups in total. The van der Waals surface area contributed by atoms with Gasteiger partial charge in [-0.1, -0.05) is 23.7 Å². The topological polar surface area (TPSA) is 67.4 Å². The number of benzene rings is 1. The van der Waals surface area contributed by atoms with E-state index in [0.717, 1.165) is 12.8 Å². The summed E-state index contributed by atoms with van der Waals surface area (Å²) in [7, 11) is 0. The number of alkyl carbamates (subject to hydrolysis) is 1. The Morgan fingerprint density at radius 2 is 2.04 bits per heavy atom. The third kappa shape index (κ3) is 5.37. The van der Waals surface area contributed by atoms with Crippen molar-refractivity contribution in [3.05, 3.63) is 34.6 Å². The number of nitrogens with one attached hydrogen (secondary N) is 2. The van der Waals surface area contributed by atoms with Crippen LogP contribution >= 0.6 is 11.6 Å². The van der Waals surface area contributed by atoms with E-state index in [2.05, 4.69) is 10.6 Å². The minimum absolute atomic E-state index is 0.00441. The second-order valence-electron chi connectivity index (χ2n) is 6.89. The Hall–Kier alpha value is -1.82. The number of ether oxygens (including phenoxy) is 1. The molecule has 132 valence electrons. The number of carbonyl (C=O) groups is 2. The largest absolute Gasteiger partial charge is 0.444 e. The Labute approximate surface area is 145 Å². The first-order valence-corrected chi connectivity index (χ1v) is 8.25. The van der Waals surface area contributed by atoms with Crippen LogP contribution in [0.1, 0.15) is 39.2 Å². The average molecular weight is 357 g/mol. The first kappa shape index (κ1) is 18.5. The summed E-state index contributed by atoms with van der Waals surface area (Å²) in [5.41, 5.74) is -0.346. The molecule has 0 unspecified atom stereocenters. The number of hydrogen-bond acceptors (Lipinski definition) is 3. The van der Waals surface area contributed by atoms with Gasteiger partial charge in [-0.3, -0.25) is 4.79 Å². The fourth-order valence-corrected chi connectivity index (χ4v) is 2.43. The first-order valence-electron chi connectivity index (χ1n) is 7.87. The van der Waals surface area contributed by atoms with Crippen LogP contribution in [0.4, 0.5) is 9.18 Å². The molecule has 1 aliphatic carbocycles. The van der Waals surface area contributed by atoms with Gasteiger partial charge in [0.25, 0.3) is 0 Å². The van der Waals surface area contributed by atoms with Crippen molar-refractivity contribution >= 4 is 23.6 Å². The summed E-state index contributed by atoms with van der Waals surface area (Å²) < 4.78 is 19.0. The Morgan fingerprint density at radius 3 is 2.62 bits per heavy atom. The van der Waals surface area contributed by atoms with Crippen molar-refractivity contribution in [1.29, 1.82) is 0 Å². The SMILES string of the molecule is CC(C)(C)OC(=O)N[C@H](C(=O)NCc1cccc(Cl)c1F)C1CC1. The summed E-state index contributed by atoms with van der Waals surface area (Å²) in [6, 6.07) is 3.93. The number of amides is 2. The van der Waals surface area contributed by atoms with Gasteiger partial charge in [-0.25, -0.2) is 9.18 Å². The fraction of sp³-hybridized carbons (Fsp3) is 0.529. The average Bonchev–Trinajstić information content (AvgIpc) is 3.28. The van der Waals surface area contributed by atoms with Crippen molar-refractivity contribution in [3.8, 4) is 0 Å². The Kier molecular flexibility index (Phi) is 5.70. The van der Waals surface area contributed by atoms with Crippen LogP contribution in [0.25, 0.3) is 0 Å². The zero-order valence-electron chi connectivity index (χ0n) is 14.0. The lowest BCUT2D eigenvalue weighted by Crippen LogP contribution is -2.49. The minimum Gasteiger partial charge on any atom is -0.444 e. The number of halogens is 2. The van der Waals surface area contributed by atoms with Gasteiger partial charge in [-0.05, 0) is 45.6 Å². The summed E-state index contributed by atoms with van der Waals surface area (Å²) in [6.45, 7) is 5.26. The van der Waals surface area contributed by atoms with Gasteiger partial charge in [0.05, 0.1) is 5.02 Å². The van der Waals surface area contributed by atoms with Crippen LogP contribution in [-0.4, -0.2) is 23.6 Å². The second-order valence-corrected chi connectivity index (χ2v) is 7.30. The van der Waals surface area contributed by atoms with Crippen molar-refractivity contribution in [1.82, 2.24) is 10.6 Å². The van der Waals surface area contributed by atoms with E-state index in [-0.39, 0.29) is 23.4 Å². The number of hydrogen-bond donors (Lipinski definition) is 2. The molecule has 1 atom stereocenters. The predicted molar refractivity (Wildman–Crippen MR) is 89.1 cm³/mol. The monoisotopic (exact) mass is 356 g/mol. The van der Waals surface area contributed by atoms with Gasteiger partial charge in [-0.2, -0.15) is 0 Å². The van der Waals surface area contributed by atoms with Crippen LogP contribution in [0, 0.1) is 11.7 Å². The molecule has 7 heteroatoms. The number of rotatable bonds is 5. The highest BCUT2D eigenvalue weighted by molar-refractivity contribution is 6.30. The first-order chi connectivity index (χ1) is 11.2. The van der Waals surface area contributed by atoms with Crippen LogP contribution in [0.5, 0.6) is 0 Å². The molecule has 24 heavy (non-hydrogen) atoms. The molecule has 5 nitrogen and oxygen atoms in total. The molecule has 0 saturated heterocycles. The lowest BCUT2D eigenvalue weighted by Gasteiger charge is -2.23. The second kappa shape index (κ2) is 7.38. The van der Waals surface area contributed by atoms with E-state index < -0.39 is 23.6 Å². The minimum atomic E-state index is -0.679. The van der Waals surface area contributed by atoms with Gasteiger partial charge >= 0.3 is 6.09 Å². The molecular weight excluding hydrogens is 335 g/mol. The molecular formula is C17H22ClFN2O3. The van der Waals surface area contributed by atoms with Crippen LogP contribution < -0.4 is 10.6 Å². The lowest BCUT2D eigenvalue weighted by atomic mass is 10.1. The van der Waals surface area contributed by atoms with E-state index in [1.807, 2.05) is 0 Å². The molecule has 1 fully saturated rings. The zero-order valence-corrected chi connectivity index (χ0v) is 14.7. The molecule has 2 rings (SSSR count). The van der Waals surface area contributed by atoms with Crippen molar-refractivity contribution in [3.63, 3.8) is 0 Å². The van der Waals surface area contributed by atoms with Gasteiger partial charge in [-0.15, -0.1) is 0 Å². The van der Waals surface area contributed by atoms with Crippen LogP contribution in [0.2, 0.25) is 5.02 Å². The molecule has 0 heterocycles. The maximum absolute atomic E-state index is 13.8. The predicted octanol–water partition coefficient (Wildman–Crippen LogP) is 3.40. The molecule has 1 aliphatic rings. The van der Waals surface area contributed by atoms with Crippen molar-refractivity contribution < 1.29 is 18.7 Å². The van der Waals surface area contributed by atoms with E-state index in [9.17, 15) is 14.0 Å². The van der Waals surface area contributed by atoms with Crippen LogP contribution in [0.3, 0.4) is 0 Å². The van der Waals surface area contributed by atoms with Crippen LogP contribution in [0.15, 0.2) is 18.2 Å². The van der Waals surface area contributed by atoms with Crippen molar-refractivity contribution in [2.24, 2.45) is 5.92 Å². The van der Waals surface area contributed by atoms with E-state index in [0.29, 0.717) is 5.56 Å². The lowest BCUT2D eigenvalue weighted by molar-refractivity contribution is -0.123. The number of carbonyl (C=O) groups excluding carboxylic acids is 2. The van der Waals surface area contributed by atoms with Gasteiger partial charge < -0.3 is 15.4 Å². The zero-order chi connectivity index (χ0) is 17.9. The van der Waals surface area contributed by atoms with Crippen molar-refractivity contribution in [2.75, 3.05) is 0 Å². The normalized spacial score (nSPS) is 15.5.